The third-order valence-corrected chi connectivity index (χ3v) is 4.13. The second-order valence-corrected chi connectivity index (χ2v) is 6.57. The lowest BCUT2D eigenvalue weighted by Crippen LogP contribution is -2.47. The van der Waals surface area contributed by atoms with Crippen molar-refractivity contribution < 1.29 is 5.11 Å². The van der Waals surface area contributed by atoms with E-state index in [4.69, 9.17) is 11.6 Å². The van der Waals surface area contributed by atoms with E-state index in [2.05, 4.69) is 15.2 Å². The molecule has 1 atom stereocenters. The number of aliphatic hydroxyl groups is 1. The summed E-state index contributed by atoms with van der Waals surface area (Å²) in [6, 6.07) is 7.60. The smallest absolute Gasteiger partial charge is 0.137 e. The number of rotatable bonds is 4. The van der Waals surface area contributed by atoms with E-state index in [-0.39, 0.29) is 5.41 Å². The summed E-state index contributed by atoms with van der Waals surface area (Å²) in [6.45, 7) is 6.04. The van der Waals surface area contributed by atoms with Crippen LogP contribution in [0.2, 0.25) is 5.02 Å². The highest BCUT2D eigenvalue weighted by molar-refractivity contribution is 6.31. The summed E-state index contributed by atoms with van der Waals surface area (Å²) < 4.78 is 0. The van der Waals surface area contributed by atoms with E-state index in [1.54, 1.807) is 0 Å². The lowest BCUT2D eigenvalue weighted by Gasteiger charge is -2.40. The summed E-state index contributed by atoms with van der Waals surface area (Å²) in [4.78, 5) is 4.12. The number of aromatic nitrogens is 3. The summed E-state index contributed by atoms with van der Waals surface area (Å²) in [7, 11) is 0. The largest absolute Gasteiger partial charge is 0.389 e. The fourth-order valence-electron chi connectivity index (χ4n) is 2.14. The molecule has 0 unspecified atom stereocenters. The fraction of sp³-hybridized carbons (Fsp3) is 0.467. The Hall–Kier alpha value is -1.39. The highest BCUT2D eigenvalue weighted by atomic mass is 35.5. The zero-order valence-corrected chi connectivity index (χ0v) is 12.8. The van der Waals surface area contributed by atoms with Gasteiger partial charge in [0.1, 0.15) is 12.2 Å². The van der Waals surface area contributed by atoms with E-state index in [1.165, 1.54) is 6.33 Å². The molecule has 0 amide bonds. The maximum atomic E-state index is 11.2. The number of halogens is 1. The van der Waals surface area contributed by atoms with Crippen molar-refractivity contribution in [2.45, 2.75) is 39.2 Å². The molecule has 5 heteroatoms. The van der Waals surface area contributed by atoms with Crippen LogP contribution in [-0.2, 0) is 12.8 Å². The molecule has 4 nitrogen and oxygen atoms in total. The molecular weight excluding hydrogens is 274 g/mol. The van der Waals surface area contributed by atoms with Crippen molar-refractivity contribution in [3.05, 3.63) is 47.0 Å². The van der Waals surface area contributed by atoms with Gasteiger partial charge in [-0.25, -0.2) is 4.98 Å². The zero-order valence-electron chi connectivity index (χ0n) is 12.0. The van der Waals surface area contributed by atoms with Crippen LogP contribution in [0.3, 0.4) is 0 Å². The molecule has 0 fully saturated rings. The van der Waals surface area contributed by atoms with Gasteiger partial charge in [-0.15, -0.1) is 0 Å². The summed E-state index contributed by atoms with van der Waals surface area (Å²) >= 11 is 6.22. The average molecular weight is 294 g/mol. The minimum atomic E-state index is -0.961. The Kier molecular flexibility index (Phi) is 4.16. The molecule has 2 aromatic rings. The van der Waals surface area contributed by atoms with Gasteiger partial charge in [-0.3, -0.25) is 5.10 Å². The van der Waals surface area contributed by atoms with E-state index in [9.17, 15) is 5.11 Å². The predicted molar refractivity (Wildman–Crippen MR) is 79.6 cm³/mol. The summed E-state index contributed by atoms with van der Waals surface area (Å²) in [5.74, 6) is 0.675. The number of hydrogen-bond donors (Lipinski definition) is 2. The third-order valence-electron chi connectivity index (χ3n) is 3.76. The van der Waals surface area contributed by atoms with E-state index in [0.717, 1.165) is 5.56 Å². The maximum Gasteiger partial charge on any atom is 0.137 e. The van der Waals surface area contributed by atoms with Gasteiger partial charge in [0.2, 0.25) is 0 Å². The minimum absolute atomic E-state index is 0.320. The Balaban J connectivity index is 2.31. The first-order chi connectivity index (χ1) is 9.32. The standard InChI is InChI=1S/C15H20ClN3O/c1-14(2,3)15(20,9-13-17-10-18-19-13)8-11-6-4-5-7-12(11)16/h4-7,10,20H,8-9H2,1-3H3,(H,17,18,19)/t15-/m0/s1. The quantitative estimate of drug-likeness (QED) is 0.911. The van der Waals surface area contributed by atoms with Crippen LogP contribution >= 0.6 is 11.6 Å². The first kappa shape index (κ1) is 15.0. The van der Waals surface area contributed by atoms with Gasteiger partial charge in [0.15, 0.2) is 0 Å². The normalized spacial score (nSPS) is 15.1. The van der Waals surface area contributed by atoms with Crippen LogP contribution in [0.1, 0.15) is 32.2 Å². The summed E-state index contributed by atoms with van der Waals surface area (Å²) in [5, 5.41) is 18.5. The van der Waals surface area contributed by atoms with Crippen molar-refractivity contribution in [2.24, 2.45) is 5.41 Å². The van der Waals surface area contributed by atoms with Crippen molar-refractivity contribution in [1.82, 2.24) is 15.2 Å². The molecule has 108 valence electrons. The molecule has 2 N–H and O–H groups in total. The number of H-pyrrole nitrogens is 1. The van der Waals surface area contributed by atoms with E-state index >= 15 is 0 Å². The zero-order chi connectivity index (χ0) is 14.8. The second-order valence-electron chi connectivity index (χ2n) is 6.16. The fourth-order valence-corrected chi connectivity index (χ4v) is 2.35. The monoisotopic (exact) mass is 293 g/mol. The van der Waals surface area contributed by atoms with E-state index in [0.29, 0.717) is 23.7 Å². The summed E-state index contributed by atoms with van der Waals surface area (Å²) in [5.41, 5.74) is -0.345. The van der Waals surface area contributed by atoms with E-state index in [1.807, 2.05) is 45.0 Å². The van der Waals surface area contributed by atoms with Gasteiger partial charge in [-0.1, -0.05) is 50.6 Å². The molecule has 0 spiro atoms. The van der Waals surface area contributed by atoms with Crippen LogP contribution in [0, 0.1) is 5.41 Å². The molecule has 0 saturated heterocycles. The number of benzene rings is 1. The molecule has 0 radical (unpaired) electrons. The van der Waals surface area contributed by atoms with Crippen LogP contribution in [0.5, 0.6) is 0 Å². The lowest BCUT2D eigenvalue weighted by atomic mass is 9.71. The van der Waals surface area contributed by atoms with Gasteiger partial charge in [0.05, 0.1) is 5.60 Å². The van der Waals surface area contributed by atoms with Gasteiger partial charge in [0.25, 0.3) is 0 Å². The molecule has 0 saturated carbocycles. The number of hydrogen-bond acceptors (Lipinski definition) is 3. The highest BCUT2D eigenvalue weighted by Crippen LogP contribution is 2.37. The van der Waals surface area contributed by atoms with Crippen LogP contribution in [0.25, 0.3) is 0 Å². The SMILES string of the molecule is CC(C)(C)[C@@](O)(Cc1ncn[nH]1)Cc1ccccc1Cl. The van der Waals surface area contributed by atoms with Crippen LogP contribution in [-0.4, -0.2) is 25.9 Å². The summed E-state index contributed by atoms with van der Waals surface area (Å²) in [6.07, 6.45) is 2.33. The second kappa shape index (κ2) is 5.54. The first-order valence-corrected chi connectivity index (χ1v) is 7.00. The van der Waals surface area contributed by atoms with Gasteiger partial charge in [-0.2, -0.15) is 5.10 Å². The Morgan fingerprint density at radius 1 is 1.20 bits per heavy atom. The van der Waals surface area contributed by atoms with Crippen molar-refractivity contribution in [2.75, 3.05) is 0 Å². The topological polar surface area (TPSA) is 61.8 Å². The molecular formula is C15H20ClN3O. The number of aromatic amines is 1. The molecule has 1 aromatic carbocycles. The average Bonchev–Trinajstić information content (AvgIpc) is 2.83. The lowest BCUT2D eigenvalue weighted by molar-refractivity contribution is -0.0583. The van der Waals surface area contributed by atoms with Crippen molar-refractivity contribution in [3.8, 4) is 0 Å². The molecule has 0 aliphatic carbocycles. The molecule has 1 aromatic heterocycles. The molecule has 0 bridgehead atoms. The molecule has 20 heavy (non-hydrogen) atoms. The highest BCUT2D eigenvalue weighted by Gasteiger charge is 2.41. The molecule has 0 aliphatic rings. The van der Waals surface area contributed by atoms with Crippen LogP contribution < -0.4 is 0 Å². The maximum absolute atomic E-state index is 11.2. The molecule has 0 aliphatic heterocycles. The van der Waals surface area contributed by atoms with E-state index < -0.39 is 5.60 Å². The number of nitrogens with one attached hydrogen (secondary N) is 1. The van der Waals surface area contributed by atoms with Gasteiger partial charge in [0, 0.05) is 17.9 Å². The Morgan fingerprint density at radius 2 is 1.90 bits per heavy atom. The van der Waals surface area contributed by atoms with Crippen molar-refractivity contribution >= 4 is 11.6 Å². The Bertz CT molecular complexity index is 563. The van der Waals surface area contributed by atoms with Crippen molar-refractivity contribution in [1.29, 1.82) is 0 Å². The third kappa shape index (κ3) is 3.19. The van der Waals surface area contributed by atoms with Gasteiger partial charge in [-0.05, 0) is 17.0 Å². The first-order valence-electron chi connectivity index (χ1n) is 6.62. The Labute approximate surface area is 124 Å². The van der Waals surface area contributed by atoms with Crippen molar-refractivity contribution in [3.63, 3.8) is 0 Å². The van der Waals surface area contributed by atoms with Crippen LogP contribution in [0.4, 0.5) is 0 Å². The molecule has 1 heterocycles. The number of nitrogens with zero attached hydrogens (tertiary/aromatic N) is 2. The van der Waals surface area contributed by atoms with Gasteiger partial charge < -0.3 is 5.11 Å². The minimum Gasteiger partial charge on any atom is -0.389 e. The predicted octanol–water partition coefficient (Wildman–Crippen LogP) is 3.02. The molecule has 2 rings (SSSR count). The Morgan fingerprint density at radius 3 is 2.45 bits per heavy atom. The van der Waals surface area contributed by atoms with Crippen LogP contribution in [0.15, 0.2) is 30.6 Å². The van der Waals surface area contributed by atoms with Gasteiger partial charge >= 0.3 is 0 Å².